The van der Waals surface area contributed by atoms with Gasteiger partial charge in [-0.2, -0.15) is 0 Å². The van der Waals surface area contributed by atoms with Gasteiger partial charge >= 0.3 is 12.1 Å². The van der Waals surface area contributed by atoms with E-state index in [4.69, 9.17) is 21.4 Å². The van der Waals surface area contributed by atoms with Gasteiger partial charge in [-0.1, -0.05) is 63.2 Å². The normalized spacial score (nSPS) is 13.3. The maximum Gasteiger partial charge on any atom is 0.408 e. The highest BCUT2D eigenvalue weighted by molar-refractivity contribution is 7.99. The highest BCUT2D eigenvalue weighted by Gasteiger charge is 2.37. The molecule has 8 heteroatoms. The number of amides is 1. The van der Waals surface area contributed by atoms with Crippen molar-refractivity contribution in [3.05, 3.63) is 47.5 Å². The fraction of sp³-hybridized carbons (Fsp3) is 0.450. The number of thioether (sulfide) groups is 1. The molecule has 0 aromatic heterocycles. The van der Waals surface area contributed by atoms with Gasteiger partial charge in [0.2, 0.25) is 0 Å². The van der Waals surface area contributed by atoms with E-state index in [0.29, 0.717) is 10.8 Å². The van der Waals surface area contributed by atoms with Crippen molar-refractivity contribution in [3.8, 4) is 0 Å². The number of halogens is 1. The van der Waals surface area contributed by atoms with Crippen LogP contribution in [0.1, 0.15) is 32.8 Å². The van der Waals surface area contributed by atoms with Crippen molar-refractivity contribution >= 4 is 41.2 Å². The summed E-state index contributed by atoms with van der Waals surface area (Å²) in [6.45, 7) is 9.07. The second-order valence-corrected chi connectivity index (χ2v) is 8.73. The molecule has 0 aliphatic heterocycles. The number of carboxylic acids is 1. The minimum Gasteiger partial charge on any atom is -0.481 e. The van der Waals surface area contributed by atoms with Gasteiger partial charge in [-0.3, -0.25) is 9.59 Å². The first kappa shape index (κ1) is 24.0. The topological polar surface area (TPSA) is 92.7 Å². The van der Waals surface area contributed by atoms with Crippen LogP contribution in [0.4, 0.5) is 4.79 Å². The molecule has 2 N–H and O–H groups in total. The smallest absolute Gasteiger partial charge is 0.408 e. The molecule has 0 radical (unpaired) electrons. The molecule has 2 atom stereocenters. The van der Waals surface area contributed by atoms with E-state index in [1.807, 2.05) is 39.0 Å². The molecule has 0 fully saturated rings. The first-order valence-corrected chi connectivity index (χ1v) is 10.1. The number of ketones is 1. The summed E-state index contributed by atoms with van der Waals surface area (Å²) >= 11 is 7.56. The number of hydrogen-bond acceptors (Lipinski definition) is 5. The van der Waals surface area contributed by atoms with E-state index in [0.717, 1.165) is 5.56 Å². The molecule has 0 spiro atoms. The van der Waals surface area contributed by atoms with Crippen LogP contribution in [0, 0.1) is 5.41 Å². The van der Waals surface area contributed by atoms with Crippen molar-refractivity contribution in [1.82, 2.24) is 5.32 Å². The van der Waals surface area contributed by atoms with Crippen LogP contribution >= 0.6 is 23.4 Å². The van der Waals surface area contributed by atoms with Gasteiger partial charge in [-0.05, 0) is 17.0 Å². The van der Waals surface area contributed by atoms with Gasteiger partial charge in [0, 0.05) is 10.8 Å². The minimum absolute atomic E-state index is 0.0379. The molecule has 0 saturated carbocycles. The number of carbonyl (C=O) groups is 3. The Morgan fingerprint density at radius 2 is 1.96 bits per heavy atom. The minimum atomic E-state index is -1.20. The Morgan fingerprint density at radius 1 is 1.32 bits per heavy atom. The van der Waals surface area contributed by atoms with Gasteiger partial charge in [0.1, 0.15) is 12.6 Å². The summed E-state index contributed by atoms with van der Waals surface area (Å²) in [4.78, 5) is 36.2. The maximum absolute atomic E-state index is 13.1. The van der Waals surface area contributed by atoms with Crippen LogP contribution in [0.2, 0.25) is 5.02 Å². The third kappa shape index (κ3) is 7.94. The van der Waals surface area contributed by atoms with E-state index in [-0.39, 0.29) is 12.4 Å². The predicted molar refractivity (Wildman–Crippen MR) is 112 cm³/mol. The average Bonchev–Trinajstić information content (AvgIpc) is 2.59. The molecule has 0 saturated heterocycles. The largest absolute Gasteiger partial charge is 0.481 e. The van der Waals surface area contributed by atoms with Crippen LogP contribution in [0.5, 0.6) is 0 Å². The van der Waals surface area contributed by atoms with Gasteiger partial charge in [0.15, 0.2) is 5.78 Å². The molecule has 0 heterocycles. The number of ether oxygens (including phenoxy) is 1. The first-order valence-electron chi connectivity index (χ1n) is 8.71. The van der Waals surface area contributed by atoms with Gasteiger partial charge in [-0.25, -0.2) is 4.79 Å². The summed E-state index contributed by atoms with van der Waals surface area (Å²) in [5.74, 6) is -1.08. The lowest BCUT2D eigenvalue weighted by atomic mass is 9.86. The van der Waals surface area contributed by atoms with E-state index in [2.05, 4.69) is 11.9 Å². The van der Waals surface area contributed by atoms with Crippen molar-refractivity contribution < 1.29 is 24.2 Å². The van der Waals surface area contributed by atoms with E-state index >= 15 is 0 Å². The predicted octanol–water partition coefficient (Wildman–Crippen LogP) is 4.31. The summed E-state index contributed by atoms with van der Waals surface area (Å²) < 4.78 is 4.83. The van der Waals surface area contributed by atoms with Crippen molar-refractivity contribution in [2.75, 3.05) is 6.61 Å². The summed E-state index contributed by atoms with van der Waals surface area (Å²) in [7, 11) is 0. The fourth-order valence-corrected chi connectivity index (χ4v) is 4.15. The zero-order chi connectivity index (χ0) is 21.3. The molecule has 1 aromatic carbocycles. The van der Waals surface area contributed by atoms with E-state index in [9.17, 15) is 14.4 Å². The molecule has 1 amide bonds. The standard InChI is InChI=1S/C20H26ClNO5S/c1-5-10-27-19(26)22-15(11-16(23)24)17(25)18(20(2,3)4)28-12-13-8-6-7-9-14(13)21/h5-9,15,18H,1,10-12H2,2-4H3,(H,22,26)(H,23,24)/t15-,18?/m0/s1. The number of nitrogens with one attached hydrogen (secondary N) is 1. The number of aliphatic carboxylic acids is 1. The molecule has 1 aromatic rings. The zero-order valence-electron chi connectivity index (χ0n) is 16.2. The quantitative estimate of drug-likeness (QED) is 0.540. The molecule has 154 valence electrons. The molecule has 0 bridgehead atoms. The Labute approximate surface area is 174 Å². The average molecular weight is 428 g/mol. The second kappa shape index (κ2) is 11.1. The number of carbonyl (C=O) groups excluding carboxylic acids is 2. The summed E-state index contributed by atoms with van der Waals surface area (Å²) in [5.41, 5.74) is 0.413. The second-order valence-electron chi connectivity index (χ2n) is 7.23. The SMILES string of the molecule is C=CCOC(=O)N[C@@H](CC(=O)O)C(=O)C(SCc1ccccc1Cl)C(C)(C)C. The van der Waals surface area contributed by atoms with Crippen LogP contribution in [-0.4, -0.2) is 40.9 Å². The van der Waals surface area contributed by atoms with Crippen molar-refractivity contribution in [2.24, 2.45) is 5.41 Å². The summed E-state index contributed by atoms with van der Waals surface area (Å²) in [5, 5.41) is 11.6. The Hall–Kier alpha value is -1.99. The highest BCUT2D eigenvalue weighted by atomic mass is 35.5. The highest BCUT2D eigenvalue weighted by Crippen LogP contribution is 2.35. The Balaban J connectivity index is 2.99. The third-order valence-electron chi connectivity index (χ3n) is 3.75. The van der Waals surface area contributed by atoms with Crippen molar-refractivity contribution in [1.29, 1.82) is 0 Å². The van der Waals surface area contributed by atoms with Gasteiger partial charge in [-0.15, -0.1) is 11.8 Å². The lowest BCUT2D eigenvalue weighted by Gasteiger charge is -2.32. The van der Waals surface area contributed by atoms with E-state index in [1.165, 1.54) is 17.8 Å². The van der Waals surface area contributed by atoms with E-state index < -0.39 is 35.2 Å². The molecular formula is C20H26ClNO5S. The monoisotopic (exact) mass is 427 g/mol. The van der Waals surface area contributed by atoms with Crippen LogP contribution in [-0.2, 0) is 20.1 Å². The Morgan fingerprint density at radius 3 is 2.50 bits per heavy atom. The van der Waals surface area contributed by atoms with Gasteiger partial charge in [0.25, 0.3) is 0 Å². The fourth-order valence-electron chi connectivity index (χ4n) is 2.45. The van der Waals surface area contributed by atoms with E-state index in [1.54, 1.807) is 6.07 Å². The zero-order valence-corrected chi connectivity index (χ0v) is 17.8. The number of rotatable bonds is 10. The van der Waals surface area contributed by atoms with Crippen molar-refractivity contribution in [2.45, 2.75) is 44.2 Å². The maximum atomic E-state index is 13.1. The van der Waals surface area contributed by atoms with Gasteiger partial charge in [0.05, 0.1) is 11.7 Å². The molecule has 28 heavy (non-hydrogen) atoms. The number of benzene rings is 1. The lowest BCUT2D eigenvalue weighted by molar-refractivity contribution is -0.139. The lowest BCUT2D eigenvalue weighted by Crippen LogP contribution is -2.49. The number of carboxylic acid groups (broad SMARTS) is 1. The number of hydrogen-bond donors (Lipinski definition) is 2. The van der Waals surface area contributed by atoms with Crippen LogP contribution in [0.15, 0.2) is 36.9 Å². The molecule has 6 nitrogen and oxygen atoms in total. The number of alkyl carbamates (subject to hydrolysis) is 1. The Bertz CT molecular complexity index is 717. The molecule has 0 aliphatic carbocycles. The third-order valence-corrected chi connectivity index (χ3v) is 5.87. The van der Waals surface area contributed by atoms with Crippen LogP contribution in [0.3, 0.4) is 0 Å². The molecular weight excluding hydrogens is 402 g/mol. The first-order chi connectivity index (χ1) is 13.1. The number of Topliss-reactive ketones (excluding diaryl/α,β-unsaturated/α-hetero) is 1. The van der Waals surface area contributed by atoms with Gasteiger partial charge < -0.3 is 15.2 Å². The summed E-state index contributed by atoms with van der Waals surface area (Å²) in [6.07, 6.45) is -0.00465. The van der Waals surface area contributed by atoms with Crippen LogP contribution < -0.4 is 5.32 Å². The van der Waals surface area contributed by atoms with Crippen molar-refractivity contribution in [3.63, 3.8) is 0 Å². The molecule has 1 unspecified atom stereocenters. The molecule has 0 aliphatic rings. The van der Waals surface area contributed by atoms with Crippen LogP contribution in [0.25, 0.3) is 0 Å². The Kier molecular flexibility index (Phi) is 9.55. The summed E-state index contributed by atoms with van der Waals surface area (Å²) in [6, 6.07) is 6.14. The molecule has 1 rings (SSSR count).